The number of halogens is 1. The number of hydrogen-bond donors (Lipinski definition) is 1. The van der Waals surface area contributed by atoms with Gasteiger partial charge in [-0.2, -0.15) is 0 Å². The van der Waals surface area contributed by atoms with E-state index in [1.165, 1.54) is 50.5 Å². The van der Waals surface area contributed by atoms with Crippen molar-refractivity contribution in [2.75, 3.05) is 6.61 Å². The van der Waals surface area contributed by atoms with Gasteiger partial charge in [0.25, 0.3) is 5.91 Å². The molecule has 1 aromatic carbocycles. The highest BCUT2D eigenvalue weighted by molar-refractivity contribution is 6.30. The van der Waals surface area contributed by atoms with Crippen molar-refractivity contribution in [2.24, 2.45) is 0 Å². The fraction of sp³-hybridized carbons (Fsp3) is 0.632. The van der Waals surface area contributed by atoms with Crippen LogP contribution in [0.4, 0.5) is 0 Å². The Kier molecular flexibility index (Phi) is 5.82. The van der Waals surface area contributed by atoms with Gasteiger partial charge in [-0.1, -0.05) is 43.7 Å². The van der Waals surface area contributed by atoms with Gasteiger partial charge >= 0.3 is 0 Å². The van der Waals surface area contributed by atoms with E-state index in [0.29, 0.717) is 12.0 Å². The predicted octanol–water partition coefficient (Wildman–Crippen LogP) is 4.83. The van der Waals surface area contributed by atoms with Gasteiger partial charge in [-0.3, -0.25) is 4.79 Å². The van der Waals surface area contributed by atoms with Gasteiger partial charge in [0.15, 0.2) is 6.61 Å². The molecule has 0 radical (unpaired) electrons. The molecule has 3 rings (SSSR count). The topological polar surface area (TPSA) is 38.3 Å². The molecule has 4 heteroatoms. The second kappa shape index (κ2) is 8.05. The van der Waals surface area contributed by atoms with E-state index in [1.54, 1.807) is 0 Å². The first-order chi connectivity index (χ1) is 11.2. The third kappa shape index (κ3) is 4.63. The van der Waals surface area contributed by atoms with Crippen molar-refractivity contribution in [3.63, 3.8) is 0 Å². The molecular weight excluding hydrogens is 310 g/mol. The Morgan fingerprint density at radius 3 is 2.52 bits per heavy atom. The number of nitrogens with one attached hydrogen (secondary N) is 1. The highest BCUT2D eigenvalue weighted by Gasteiger charge is 2.21. The highest BCUT2D eigenvalue weighted by Crippen LogP contribution is 2.38. The molecule has 1 N–H and O–H groups in total. The van der Waals surface area contributed by atoms with Crippen molar-refractivity contribution in [1.29, 1.82) is 0 Å². The van der Waals surface area contributed by atoms with E-state index >= 15 is 0 Å². The summed E-state index contributed by atoms with van der Waals surface area (Å²) in [4.78, 5) is 12.1. The predicted molar refractivity (Wildman–Crippen MR) is 93.2 cm³/mol. The molecule has 2 aliphatic rings. The van der Waals surface area contributed by atoms with Gasteiger partial charge in [0, 0.05) is 11.1 Å². The molecule has 0 unspecified atom stereocenters. The largest absolute Gasteiger partial charge is 0.483 e. The van der Waals surface area contributed by atoms with E-state index in [1.807, 2.05) is 18.2 Å². The third-order valence-corrected chi connectivity index (χ3v) is 5.33. The lowest BCUT2D eigenvalue weighted by Gasteiger charge is -2.24. The molecule has 1 aromatic rings. The quantitative estimate of drug-likeness (QED) is 0.837. The van der Waals surface area contributed by atoms with Crippen LogP contribution in [0.3, 0.4) is 0 Å². The number of amides is 1. The summed E-state index contributed by atoms with van der Waals surface area (Å²) in [6, 6.07) is 6.11. The average molecular weight is 336 g/mol. The summed E-state index contributed by atoms with van der Waals surface area (Å²) in [7, 11) is 0. The van der Waals surface area contributed by atoms with Gasteiger partial charge in [0.1, 0.15) is 5.75 Å². The number of ether oxygens (including phenoxy) is 1. The summed E-state index contributed by atoms with van der Waals surface area (Å²) in [5.74, 6) is 1.32. The Morgan fingerprint density at radius 1 is 1.09 bits per heavy atom. The van der Waals surface area contributed by atoms with E-state index in [4.69, 9.17) is 16.3 Å². The first-order valence-corrected chi connectivity index (χ1v) is 9.32. The van der Waals surface area contributed by atoms with Gasteiger partial charge in [0.05, 0.1) is 0 Å². The van der Waals surface area contributed by atoms with Crippen LogP contribution in [-0.4, -0.2) is 18.6 Å². The molecule has 0 aliphatic heterocycles. The first-order valence-electron chi connectivity index (χ1n) is 8.94. The Morgan fingerprint density at radius 2 is 1.78 bits per heavy atom. The monoisotopic (exact) mass is 335 g/mol. The number of benzene rings is 1. The minimum atomic E-state index is -0.0126. The van der Waals surface area contributed by atoms with E-state index < -0.39 is 0 Å². The molecule has 126 valence electrons. The molecular formula is C19H26ClNO2. The lowest BCUT2D eigenvalue weighted by Crippen LogP contribution is -2.36. The van der Waals surface area contributed by atoms with Crippen molar-refractivity contribution in [3.8, 4) is 5.75 Å². The van der Waals surface area contributed by atoms with Gasteiger partial charge in [-0.15, -0.1) is 0 Å². The Labute approximate surface area is 143 Å². The van der Waals surface area contributed by atoms with Gasteiger partial charge in [-0.25, -0.2) is 0 Å². The second-order valence-electron chi connectivity index (χ2n) is 6.85. The van der Waals surface area contributed by atoms with Crippen LogP contribution >= 0.6 is 11.6 Å². The molecule has 0 aromatic heterocycles. The Bertz CT molecular complexity index is 534. The van der Waals surface area contributed by atoms with Gasteiger partial charge < -0.3 is 10.1 Å². The lowest BCUT2D eigenvalue weighted by molar-refractivity contribution is -0.123. The van der Waals surface area contributed by atoms with Crippen molar-refractivity contribution in [3.05, 3.63) is 28.8 Å². The maximum Gasteiger partial charge on any atom is 0.258 e. The zero-order valence-electron chi connectivity index (χ0n) is 13.7. The van der Waals surface area contributed by atoms with E-state index in [0.717, 1.165) is 23.6 Å². The van der Waals surface area contributed by atoms with Crippen LogP contribution in [0.25, 0.3) is 0 Å². The zero-order chi connectivity index (χ0) is 16.1. The van der Waals surface area contributed by atoms with Gasteiger partial charge in [-0.05, 0) is 55.4 Å². The molecule has 2 saturated carbocycles. The van der Waals surface area contributed by atoms with Crippen LogP contribution < -0.4 is 10.1 Å². The summed E-state index contributed by atoms with van der Waals surface area (Å²) < 4.78 is 5.85. The smallest absolute Gasteiger partial charge is 0.258 e. The van der Waals surface area contributed by atoms with E-state index in [2.05, 4.69) is 5.32 Å². The van der Waals surface area contributed by atoms with Crippen molar-refractivity contribution < 1.29 is 9.53 Å². The van der Waals surface area contributed by atoms with Crippen molar-refractivity contribution >= 4 is 17.5 Å². The standard InChI is InChI=1S/C19H26ClNO2/c20-15-10-11-18(17(12-15)14-6-2-1-3-7-14)23-13-19(22)21-16-8-4-5-9-16/h10-12,14,16H,1-9,13H2,(H,21,22). The lowest BCUT2D eigenvalue weighted by atomic mass is 9.84. The maximum absolute atomic E-state index is 12.1. The fourth-order valence-electron chi connectivity index (χ4n) is 3.87. The first kappa shape index (κ1) is 16.6. The molecule has 0 saturated heterocycles. The number of hydrogen-bond acceptors (Lipinski definition) is 2. The summed E-state index contributed by atoms with van der Waals surface area (Å²) in [6.07, 6.45) is 10.8. The average Bonchev–Trinajstić information content (AvgIpc) is 3.07. The second-order valence-corrected chi connectivity index (χ2v) is 7.29. The SMILES string of the molecule is O=C(COc1ccc(Cl)cc1C1CCCCC1)NC1CCCC1. The van der Waals surface area contributed by atoms with Crippen LogP contribution in [0.2, 0.25) is 5.02 Å². The van der Waals surface area contributed by atoms with Crippen LogP contribution in [-0.2, 0) is 4.79 Å². The van der Waals surface area contributed by atoms with Crippen LogP contribution in [0.15, 0.2) is 18.2 Å². The fourth-order valence-corrected chi connectivity index (χ4v) is 4.05. The number of carbonyl (C=O) groups excluding carboxylic acids is 1. The minimum absolute atomic E-state index is 0.0126. The van der Waals surface area contributed by atoms with Crippen LogP contribution in [0.1, 0.15) is 69.3 Å². The zero-order valence-corrected chi connectivity index (χ0v) is 14.4. The maximum atomic E-state index is 12.1. The molecule has 0 bridgehead atoms. The number of rotatable bonds is 5. The molecule has 2 aliphatic carbocycles. The molecule has 1 amide bonds. The van der Waals surface area contributed by atoms with Crippen molar-refractivity contribution in [2.45, 2.75) is 69.7 Å². The highest BCUT2D eigenvalue weighted by atomic mass is 35.5. The minimum Gasteiger partial charge on any atom is -0.483 e. The van der Waals surface area contributed by atoms with E-state index in [-0.39, 0.29) is 12.5 Å². The number of carbonyl (C=O) groups is 1. The Balaban J connectivity index is 1.61. The molecule has 0 atom stereocenters. The molecule has 2 fully saturated rings. The molecule has 0 heterocycles. The van der Waals surface area contributed by atoms with Gasteiger partial charge in [0.2, 0.25) is 0 Å². The molecule has 3 nitrogen and oxygen atoms in total. The summed E-state index contributed by atoms with van der Waals surface area (Å²) >= 11 is 6.18. The summed E-state index contributed by atoms with van der Waals surface area (Å²) in [6.45, 7) is 0.0951. The molecule has 23 heavy (non-hydrogen) atoms. The molecule has 0 spiro atoms. The Hall–Kier alpha value is -1.22. The van der Waals surface area contributed by atoms with E-state index in [9.17, 15) is 4.79 Å². The summed E-state index contributed by atoms with van der Waals surface area (Å²) in [5, 5.41) is 3.81. The third-order valence-electron chi connectivity index (χ3n) is 5.10. The van der Waals surface area contributed by atoms with Crippen LogP contribution in [0.5, 0.6) is 5.75 Å². The summed E-state index contributed by atoms with van der Waals surface area (Å²) in [5.41, 5.74) is 1.17. The van der Waals surface area contributed by atoms with Crippen molar-refractivity contribution in [1.82, 2.24) is 5.32 Å². The normalized spacial score (nSPS) is 19.7. The van der Waals surface area contributed by atoms with Crippen LogP contribution in [0, 0.1) is 0 Å².